The molecule has 2 rings (SSSR count). The average Bonchev–Trinajstić information content (AvgIpc) is 2.65. The van der Waals surface area contributed by atoms with E-state index in [1.807, 2.05) is 17.6 Å². The summed E-state index contributed by atoms with van der Waals surface area (Å²) in [5.74, 6) is 0. The number of nitrogens with one attached hydrogen (secondary N) is 1. The van der Waals surface area contributed by atoms with E-state index in [9.17, 15) is 0 Å². The first kappa shape index (κ1) is 10.4. The largest absolute Gasteiger partial charge is 0.383 e. The Morgan fingerprint density at radius 2 is 2.40 bits per heavy atom. The molecule has 0 aliphatic carbocycles. The average molecular weight is 222 g/mol. The van der Waals surface area contributed by atoms with Crippen LogP contribution in [-0.2, 0) is 4.74 Å². The van der Waals surface area contributed by atoms with Crippen LogP contribution in [0.5, 0.6) is 0 Å². The van der Waals surface area contributed by atoms with Crippen molar-refractivity contribution in [1.29, 1.82) is 0 Å². The van der Waals surface area contributed by atoms with Crippen molar-refractivity contribution >= 4 is 27.2 Å². The van der Waals surface area contributed by atoms with Gasteiger partial charge in [0.2, 0.25) is 0 Å². The summed E-state index contributed by atoms with van der Waals surface area (Å²) in [5, 5.41) is 3.38. The fourth-order valence-corrected chi connectivity index (χ4v) is 2.24. The molecular formula is C11H14N2OS. The van der Waals surface area contributed by atoms with Crippen LogP contribution < -0.4 is 5.32 Å². The summed E-state index contributed by atoms with van der Waals surface area (Å²) in [6.45, 7) is 2.81. The molecule has 0 amide bonds. The van der Waals surface area contributed by atoms with Crippen molar-refractivity contribution in [2.45, 2.75) is 13.0 Å². The third-order valence-electron chi connectivity index (χ3n) is 2.16. The summed E-state index contributed by atoms with van der Waals surface area (Å²) in [4.78, 5) is 4.24. The first-order chi connectivity index (χ1) is 7.29. The van der Waals surface area contributed by atoms with Gasteiger partial charge in [0, 0.05) is 18.8 Å². The van der Waals surface area contributed by atoms with E-state index < -0.39 is 0 Å². The molecule has 0 aliphatic heterocycles. The number of hydrogen-bond acceptors (Lipinski definition) is 4. The normalized spacial score (nSPS) is 12.9. The molecule has 1 aromatic carbocycles. The number of thiazole rings is 1. The number of methoxy groups -OCH3 is 1. The Labute approximate surface area is 93.1 Å². The van der Waals surface area contributed by atoms with Gasteiger partial charge in [-0.2, -0.15) is 0 Å². The highest BCUT2D eigenvalue weighted by atomic mass is 32.1. The Kier molecular flexibility index (Phi) is 3.18. The molecule has 0 aliphatic rings. The van der Waals surface area contributed by atoms with Crippen molar-refractivity contribution in [2.24, 2.45) is 0 Å². The number of aromatic nitrogens is 1. The highest BCUT2D eigenvalue weighted by Gasteiger charge is 2.02. The minimum Gasteiger partial charge on any atom is -0.383 e. The third-order valence-corrected chi connectivity index (χ3v) is 2.95. The molecule has 1 unspecified atom stereocenters. The molecule has 3 nitrogen and oxygen atoms in total. The number of rotatable bonds is 4. The second kappa shape index (κ2) is 4.59. The predicted molar refractivity (Wildman–Crippen MR) is 64.6 cm³/mol. The lowest BCUT2D eigenvalue weighted by Crippen LogP contribution is -2.20. The van der Waals surface area contributed by atoms with Gasteiger partial charge in [0.25, 0.3) is 0 Å². The molecule has 15 heavy (non-hydrogen) atoms. The lowest BCUT2D eigenvalue weighted by molar-refractivity contribution is 0.190. The van der Waals surface area contributed by atoms with E-state index in [1.165, 1.54) is 4.70 Å². The number of fused-ring (bicyclic) bond motifs is 1. The molecule has 0 radical (unpaired) electrons. The van der Waals surface area contributed by atoms with E-state index >= 15 is 0 Å². The van der Waals surface area contributed by atoms with Gasteiger partial charge in [0.1, 0.15) is 0 Å². The van der Waals surface area contributed by atoms with Gasteiger partial charge in [-0.15, -0.1) is 11.3 Å². The molecule has 0 fully saturated rings. The van der Waals surface area contributed by atoms with Gasteiger partial charge in [0.15, 0.2) is 0 Å². The Hall–Kier alpha value is -1.13. The van der Waals surface area contributed by atoms with Crippen molar-refractivity contribution < 1.29 is 4.74 Å². The standard InChI is InChI=1S/C11H14N2OS/c1-8(6-14-2)13-9-3-4-10-11(5-9)15-7-12-10/h3-5,7-8,13H,6H2,1-2H3. The van der Waals surface area contributed by atoms with E-state index in [0.29, 0.717) is 12.6 Å². The van der Waals surface area contributed by atoms with E-state index in [-0.39, 0.29) is 0 Å². The minimum atomic E-state index is 0.320. The van der Waals surface area contributed by atoms with E-state index in [1.54, 1.807) is 18.4 Å². The molecule has 1 N–H and O–H groups in total. The summed E-state index contributed by atoms with van der Waals surface area (Å²) in [5.41, 5.74) is 4.05. The monoisotopic (exact) mass is 222 g/mol. The number of anilines is 1. The van der Waals surface area contributed by atoms with Crippen molar-refractivity contribution in [2.75, 3.05) is 19.0 Å². The molecule has 1 atom stereocenters. The second-order valence-electron chi connectivity index (χ2n) is 3.54. The number of ether oxygens (including phenoxy) is 1. The SMILES string of the molecule is COCC(C)Nc1ccc2ncsc2c1. The summed E-state index contributed by atoms with van der Waals surface area (Å²) in [6.07, 6.45) is 0. The summed E-state index contributed by atoms with van der Waals surface area (Å²) < 4.78 is 6.29. The summed E-state index contributed by atoms with van der Waals surface area (Å²) >= 11 is 1.66. The third kappa shape index (κ3) is 2.46. The smallest absolute Gasteiger partial charge is 0.0813 e. The maximum absolute atomic E-state index is 5.08. The number of nitrogens with zero attached hydrogens (tertiary/aromatic N) is 1. The molecular weight excluding hydrogens is 208 g/mol. The maximum atomic E-state index is 5.08. The van der Waals surface area contributed by atoms with Crippen LogP contribution in [0.15, 0.2) is 23.7 Å². The lowest BCUT2D eigenvalue weighted by Gasteiger charge is -2.13. The van der Waals surface area contributed by atoms with Gasteiger partial charge in [-0.1, -0.05) is 0 Å². The van der Waals surface area contributed by atoms with Crippen LogP contribution >= 0.6 is 11.3 Å². The van der Waals surface area contributed by atoms with Gasteiger partial charge in [-0.3, -0.25) is 0 Å². The zero-order chi connectivity index (χ0) is 10.7. The van der Waals surface area contributed by atoms with Crippen LogP contribution in [0.25, 0.3) is 10.2 Å². The van der Waals surface area contributed by atoms with Gasteiger partial charge in [-0.05, 0) is 25.1 Å². The molecule has 0 bridgehead atoms. The topological polar surface area (TPSA) is 34.1 Å². The fraction of sp³-hybridized carbons (Fsp3) is 0.364. The zero-order valence-electron chi connectivity index (χ0n) is 8.86. The molecule has 0 spiro atoms. The molecule has 1 aromatic heterocycles. The summed E-state index contributed by atoms with van der Waals surface area (Å²) in [6, 6.07) is 6.53. The maximum Gasteiger partial charge on any atom is 0.0813 e. The Morgan fingerprint density at radius 3 is 3.20 bits per heavy atom. The molecule has 2 aromatic rings. The van der Waals surface area contributed by atoms with Crippen LogP contribution in [0.3, 0.4) is 0 Å². The van der Waals surface area contributed by atoms with Gasteiger partial charge >= 0.3 is 0 Å². The first-order valence-electron chi connectivity index (χ1n) is 4.88. The lowest BCUT2D eigenvalue weighted by atomic mass is 10.2. The van der Waals surface area contributed by atoms with Gasteiger partial charge in [-0.25, -0.2) is 4.98 Å². The first-order valence-corrected chi connectivity index (χ1v) is 5.76. The van der Waals surface area contributed by atoms with Crippen molar-refractivity contribution in [1.82, 2.24) is 4.98 Å². The number of hydrogen-bond donors (Lipinski definition) is 1. The van der Waals surface area contributed by atoms with Crippen molar-refractivity contribution in [3.8, 4) is 0 Å². The molecule has 0 saturated heterocycles. The van der Waals surface area contributed by atoms with Crippen molar-refractivity contribution in [3.05, 3.63) is 23.7 Å². The Balaban J connectivity index is 2.14. The van der Waals surface area contributed by atoms with Crippen LogP contribution in [0, 0.1) is 0 Å². The number of benzene rings is 1. The molecule has 4 heteroatoms. The Morgan fingerprint density at radius 1 is 1.53 bits per heavy atom. The summed E-state index contributed by atoms with van der Waals surface area (Å²) in [7, 11) is 1.71. The highest BCUT2D eigenvalue weighted by molar-refractivity contribution is 7.16. The van der Waals surface area contributed by atoms with E-state index in [4.69, 9.17) is 4.74 Å². The van der Waals surface area contributed by atoms with Crippen LogP contribution in [0.1, 0.15) is 6.92 Å². The Bertz CT molecular complexity index is 441. The second-order valence-corrected chi connectivity index (χ2v) is 4.42. The predicted octanol–water partition coefficient (Wildman–Crippen LogP) is 2.74. The molecule has 80 valence electrons. The quantitative estimate of drug-likeness (QED) is 0.863. The van der Waals surface area contributed by atoms with Crippen LogP contribution in [0.2, 0.25) is 0 Å². The van der Waals surface area contributed by atoms with E-state index in [0.717, 1.165) is 11.2 Å². The highest BCUT2D eigenvalue weighted by Crippen LogP contribution is 2.22. The van der Waals surface area contributed by atoms with Crippen molar-refractivity contribution in [3.63, 3.8) is 0 Å². The van der Waals surface area contributed by atoms with Gasteiger partial charge < -0.3 is 10.1 Å². The van der Waals surface area contributed by atoms with Gasteiger partial charge in [0.05, 0.1) is 22.3 Å². The fourth-order valence-electron chi connectivity index (χ4n) is 1.52. The van der Waals surface area contributed by atoms with Crippen LogP contribution in [-0.4, -0.2) is 24.7 Å². The minimum absolute atomic E-state index is 0.320. The zero-order valence-corrected chi connectivity index (χ0v) is 9.67. The molecule has 1 heterocycles. The molecule has 0 saturated carbocycles. The van der Waals surface area contributed by atoms with Crippen LogP contribution in [0.4, 0.5) is 5.69 Å². The van der Waals surface area contributed by atoms with E-state index in [2.05, 4.69) is 23.3 Å².